The molecule has 1 aliphatic rings. The van der Waals surface area contributed by atoms with E-state index in [9.17, 15) is 4.79 Å². The molecule has 1 rings (SSSR count). The van der Waals surface area contributed by atoms with E-state index >= 15 is 0 Å². The van der Waals surface area contributed by atoms with E-state index < -0.39 is 5.97 Å². The van der Waals surface area contributed by atoms with Crippen LogP contribution in [0.5, 0.6) is 0 Å². The Hall–Kier alpha value is -1.58. The molecule has 1 aliphatic heterocycles. The van der Waals surface area contributed by atoms with E-state index in [1.807, 2.05) is 0 Å². The minimum absolute atomic E-state index is 0.148. The monoisotopic (exact) mass is 167 g/mol. The van der Waals surface area contributed by atoms with Crippen LogP contribution in [-0.4, -0.2) is 18.8 Å². The highest BCUT2D eigenvalue weighted by atomic mass is 16.6. The Kier molecular flexibility index (Phi) is 3.07. The molecular weight excluding hydrogens is 158 g/mol. The fourth-order valence-corrected chi connectivity index (χ4v) is 0.657. The Morgan fingerprint density at radius 3 is 3.33 bits per heavy atom. The van der Waals surface area contributed by atoms with Crippen molar-refractivity contribution in [2.24, 2.45) is 4.99 Å². The van der Waals surface area contributed by atoms with Gasteiger partial charge < -0.3 is 9.47 Å². The highest BCUT2D eigenvalue weighted by molar-refractivity contribution is 5.91. The quantitative estimate of drug-likeness (QED) is 0.576. The second-order valence-corrected chi connectivity index (χ2v) is 1.95. The molecule has 0 N–H and O–H groups in total. The first kappa shape index (κ1) is 8.52. The molecule has 0 aromatic heterocycles. The number of hydrogen-bond acceptors (Lipinski definition) is 4. The molecule has 1 heterocycles. The summed E-state index contributed by atoms with van der Waals surface area (Å²) in [6.07, 6.45) is 5.70. The van der Waals surface area contributed by atoms with Crippen LogP contribution in [0.4, 0.5) is 0 Å². The number of ether oxygens (including phenoxy) is 2. The van der Waals surface area contributed by atoms with Crippen LogP contribution >= 0.6 is 0 Å². The third-order valence-corrected chi connectivity index (χ3v) is 1.13. The minimum Gasteiger partial charge on any atom is -0.460 e. The third-order valence-electron chi connectivity index (χ3n) is 1.13. The summed E-state index contributed by atoms with van der Waals surface area (Å²) in [5.74, 6) is -0.329. The number of aliphatic imine (C=N–C) groups is 1. The average Bonchev–Trinajstić information content (AvgIpc) is 2.32. The fourth-order valence-electron chi connectivity index (χ4n) is 0.657. The maximum Gasteiger partial charge on any atom is 0.374 e. The summed E-state index contributed by atoms with van der Waals surface area (Å²) in [5.41, 5.74) is 0. The summed E-state index contributed by atoms with van der Waals surface area (Å²) in [6.45, 7) is 2.07. The Morgan fingerprint density at radius 2 is 2.58 bits per heavy atom. The number of rotatable bonds is 2. The SMILES string of the molecule is CCOC(=O)C1=CC=NC=CO1. The molecule has 64 valence electrons. The molecule has 12 heavy (non-hydrogen) atoms. The van der Waals surface area contributed by atoms with Crippen molar-refractivity contribution in [3.63, 3.8) is 0 Å². The van der Waals surface area contributed by atoms with E-state index in [1.165, 1.54) is 24.8 Å². The molecule has 0 bridgehead atoms. The highest BCUT2D eigenvalue weighted by Crippen LogP contribution is 2.03. The van der Waals surface area contributed by atoms with Crippen molar-refractivity contribution < 1.29 is 14.3 Å². The van der Waals surface area contributed by atoms with E-state index in [4.69, 9.17) is 9.47 Å². The maximum absolute atomic E-state index is 11.0. The van der Waals surface area contributed by atoms with E-state index in [2.05, 4.69) is 4.99 Å². The van der Waals surface area contributed by atoms with Gasteiger partial charge in [0.05, 0.1) is 12.8 Å². The lowest BCUT2D eigenvalue weighted by Gasteiger charge is -2.02. The van der Waals surface area contributed by atoms with Gasteiger partial charge in [0.1, 0.15) is 6.26 Å². The zero-order valence-corrected chi connectivity index (χ0v) is 6.69. The topological polar surface area (TPSA) is 47.9 Å². The number of allylic oxidation sites excluding steroid dienone is 1. The maximum atomic E-state index is 11.0. The standard InChI is InChI=1S/C8H9NO3/c1-2-11-8(10)7-3-4-9-5-6-12-7/h3-6H,2H2,1H3. The normalized spacial score (nSPS) is 14.6. The third kappa shape index (κ3) is 2.23. The summed E-state index contributed by atoms with van der Waals surface area (Å²) in [5, 5.41) is 0. The van der Waals surface area contributed by atoms with Crippen molar-refractivity contribution in [3.05, 3.63) is 24.3 Å². The number of esters is 1. The molecule has 0 fully saturated rings. The molecule has 0 spiro atoms. The van der Waals surface area contributed by atoms with Crippen LogP contribution < -0.4 is 0 Å². The van der Waals surface area contributed by atoms with Crippen LogP contribution in [0.2, 0.25) is 0 Å². The lowest BCUT2D eigenvalue weighted by molar-refractivity contribution is -0.141. The lowest BCUT2D eigenvalue weighted by Crippen LogP contribution is -2.08. The molecule has 0 aromatic carbocycles. The zero-order chi connectivity index (χ0) is 8.81. The summed E-state index contributed by atoms with van der Waals surface area (Å²) in [7, 11) is 0. The predicted molar refractivity (Wildman–Crippen MR) is 43.4 cm³/mol. The van der Waals surface area contributed by atoms with Crippen molar-refractivity contribution in [3.8, 4) is 0 Å². The molecule has 0 saturated heterocycles. The van der Waals surface area contributed by atoms with E-state index in [-0.39, 0.29) is 5.76 Å². The lowest BCUT2D eigenvalue weighted by atomic mass is 10.4. The largest absolute Gasteiger partial charge is 0.460 e. The first-order valence-corrected chi connectivity index (χ1v) is 3.57. The van der Waals surface area contributed by atoms with Gasteiger partial charge in [0.2, 0.25) is 5.76 Å². The van der Waals surface area contributed by atoms with Gasteiger partial charge >= 0.3 is 5.97 Å². The van der Waals surface area contributed by atoms with Gasteiger partial charge in [0.15, 0.2) is 0 Å². The Labute approximate surface area is 70.2 Å². The van der Waals surface area contributed by atoms with Crippen molar-refractivity contribution in [2.75, 3.05) is 6.61 Å². The van der Waals surface area contributed by atoms with Crippen LogP contribution in [0.25, 0.3) is 0 Å². The first-order chi connectivity index (χ1) is 5.84. The Balaban J connectivity index is 2.62. The van der Waals surface area contributed by atoms with Gasteiger partial charge in [-0.25, -0.2) is 4.79 Å². The van der Waals surface area contributed by atoms with Crippen molar-refractivity contribution in [1.82, 2.24) is 0 Å². The average molecular weight is 167 g/mol. The molecule has 0 atom stereocenters. The van der Waals surface area contributed by atoms with E-state index in [1.54, 1.807) is 6.92 Å². The van der Waals surface area contributed by atoms with Crippen molar-refractivity contribution in [2.45, 2.75) is 6.92 Å². The molecule has 0 aliphatic carbocycles. The summed E-state index contributed by atoms with van der Waals surface area (Å²) in [6, 6.07) is 0. The summed E-state index contributed by atoms with van der Waals surface area (Å²) >= 11 is 0. The van der Waals surface area contributed by atoms with Crippen LogP contribution in [0.1, 0.15) is 6.92 Å². The molecule has 0 amide bonds. The Bertz CT molecular complexity index is 253. The van der Waals surface area contributed by atoms with Crippen LogP contribution in [0.15, 0.2) is 29.3 Å². The number of hydrogen-bond donors (Lipinski definition) is 0. The van der Waals surface area contributed by atoms with Gasteiger partial charge in [0, 0.05) is 12.3 Å². The predicted octanol–water partition coefficient (Wildman–Crippen LogP) is 1.01. The first-order valence-electron chi connectivity index (χ1n) is 3.57. The van der Waals surface area contributed by atoms with Crippen molar-refractivity contribution >= 4 is 12.2 Å². The second-order valence-electron chi connectivity index (χ2n) is 1.95. The van der Waals surface area contributed by atoms with E-state index in [0.717, 1.165) is 0 Å². The highest BCUT2D eigenvalue weighted by Gasteiger charge is 2.10. The van der Waals surface area contributed by atoms with Gasteiger partial charge in [0.25, 0.3) is 0 Å². The van der Waals surface area contributed by atoms with Gasteiger partial charge in [-0.05, 0) is 6.92 Å². The zero-order valence-electron chi connectivity index (χ0n) is 6.69. The molecule has 0 saturated carbocycles. The molecule has 0 radical (unpaired) electrons. The minimum atomic E-state index is -0.476. The van der Waals surface area contributed by atoms with Crippen LogP contribution in [0, 0.1) is 0 Å². The number of carbonyl (C=O) groups is 1. The fraction of sp³-hybridized carbons (Fsp3) is 0.250. The molecule has 0 aromatic rings. The van der Waals surface area contributed by atoms with Gasteiger partial charge in [-0.1, -0.05) is 0 Å². The summed E-state index contributed by atoms with van der Waals surface area (Å²) < 4.78 is 9.61. The molecule has 4 nitrogen and oxygen atoms in total. The van der Waals surface area contributed by atoms with Gasteiger partial charge in [-0.3, -0.25) is 4.99 Å². The number of carbonyl (C=O) groups excluding carboxylic acids is 1. The summed E-state index contributed by atoms with van der Waals surface area (Å²) in [4.78, 5) is 14.8. The Morgan fingerprint density at radius 1 is 1.75 bits per heavy atom. The van der Waals surface area contributed by atoms with Crippen LogP contribution in [0.3, 0.4) is 0 Å². The van der Waals surface area contributed by atoms with Gasteiger partial charge in [-0.15, -0.1) is 0 Å². The number of nitrogens with zero attached hydrogens (tertiary/aromatic N) is 1. The van der Waals surface area contributed by atoms with Crippen LogP contribution in [-0.2, 0) is 14.3 Å². The molecule has 4 heteroatoms. The van der Waals surface area contributed by atoms with Gasteiger partial charge in [-0.2, -0.15) is 0 Å². The second kappa shape index (κ2) is 4.33. The molecule has 0 unspecified atom stereocenters. The van der Waals surface area contributed by atoms with Crippen molar-refractivity contribution in [1.29, 1.82) is 0 Å². The van der Waals surface area contributed by atoms with E-state index in [0.29, 0.717) is 6.61 Å². The smallest absolute Gasteiger partial charge is 0.374 e. The molecular formula is C8H9NO3.